The minimum Gasteiger partial charge on any atom is -0.459 e. The molecule has 36 heavy (non-hydrogen) atoms. The molecule has 3 aromatic carbocycles. The van der Waals surface area contributed by atoms with Crippen LogP contribution < -0.4 is 5.32 Å². The normalized spacial score (nSPS) is 12.1. The van der Waals surface area contributed by atoms with Gasteiger partial charge in [-0.2, -0.15) is 0 Å². The van der Waals surface area contributed by atoms with Gasteiger partial charge in [-0.05, 0) is 48.2 Å². The summed E-state index contributed by atoms with van der Waals surface area (Å²) in [7, 11) is 0. The van der Waals surface area contributed by atoms with Crippen molar-refractivity contribution >= 4 is 27.6 Å². The van der Waals surface area contributed by atoms with E-state index >= 15 is 0 Å². The molecule has 0 spiro atoms. The topological polar surface area (TPSA) is 85.8 Å². The maximum Gasteiger partial charge on any atom is 0.252 e. The molecule has 6 rings (SSSR count). The first-order valence-electron chi connectivity index (χ1n) is 11.8. The predicted octanol–water partition coefficient (Wildman–Crippen LogP) is 5.78. The molecule has 0 radical (unpaired) electrons. The number of para-hydroxylation sites is 1. The summed E-state index contributed by atoms with van der Waals surface area (Å²) in [4.78, 5) is 17.4. The fourth-order valence-electron chi connectivity index (χ4n) is 4.37. The van der Waals surface area contributed by atoms with E-state index in [0.717, 1.165) is 38.6 Å². The van der Waals surface area contributed by atoms with Crippen LogP contribution in [0.15, 0.2) is 102 Å². The second kappa shape index (κ2) is 9.11. The molecule has 1 N–H and O–H groups in total. The fraction of sp³-hybridized carbons (Fsp3) is 0.103. The summed E-state index contributed by atoms with van der Waals surface area (Å²) in [6, 6.07) is 25.1. The van der Waals surface area contributed by atoms with E-state index in [4.69, 9.17) is 4.42 Å². The van der Waals surface area contributed by atoms with Crippen molar-refractivity contribution in [2.45, 2.75) is 19.5 Å². The van der Waals surface area contributed by atoms with Gasteiger partial charge >= 0.3 is 0 Å². The average Bonchev–Trinajstić information content (AvgIpc) is 3.56. The Morgan fingerprint density at radius 3 is 2.75 bits per heavy atom. The van der Waals surface area contributed by atoms with Crippen LogP contribution in [0.2, 0.25) is 0 Å². The highest BCUT2D eigenvalue weighted by Gasteiger charge is 2.18. The third-order valence-corrected chi connectivity index (χ3v) is 6.29. The van der Waals surface area contributed by atoms with Crippen LogP contribution in [0.5, 0.6) is 0 Å². The molecule has 0 saturated carbocycles. The molecule has 0 aliphatic rings. The first-order valence-corrected chi connectivity index (χ1v) is 11.8. The Balaban J connectivity index is 1.21. The van der Waals surface area contributed by atoms with Crippen molar-refractivity contribution in [1.82, 2.24) is 25.3 Å². The van der Waals surface area contributed by atoms with Crippen LogP contribution in [0.1, 0.15) is 34.6 Å². The van der Waals surface area contributed by atoms with Gasteiger partial charge in [0.15, 0.2) is 0 Å². The van der Waals surface area contributed by atoms with E-state index in [2.05, 4.69) is 26.7 Å². The Hall–Kier alpha value is -4.78. The smallest absolute Gasteiger partial charge is 0.252 e. The lowest BCUT2D eigenvalue weighted by Crippen LogP contribution is -2.27. The zero-order valence-electron chi connectivity index (χ0n) is 19.6. The molecule has 176 valence electrons. The summed E-state index contributed by atoms with van der Waals surface area (Å²) in [6.45, 7) is 2.34. The Morgan fingerprint density at radius 1 is 0.972 bits per heavy atom. The number of carbonyl (C=O) groups excluding carboxylic acids is 1. The van der Waals surface area contributed by atoms with Crippen LogP contribution in [0.4, 0.5) is 0 Å². The molecule has 1 atom stereocenters. The molecule has 0 bridgehead atoms. The van der Waals surface area contributed by atoms with Gasteiger partial charge in [0, 0.05) is 34.3 Å². The lowest BCUT2D eigenvalue weighted by Gasteiger charge is -2.14. The summed E-state index contributed by atoms with van der Waals surface area (Å²) < 4.78 is 7.67. The zero-order chi connectivity index (χ0) is 24.5. The van der Waals surface area contributed by atoms with Gasteiger partial charge in [0.25, 0.3) is 5.91 Å². The maximum atomic E-state index is 13.2. The van der Waals surface area contributed by atoms with Crippen molar-refractivity contribution in [3.63, 3.8) is 0 Å². The number of furan rings is 1. The van der Waals surface area contributed by atoms with Gasteiger partial charge in [-0.15, -0.1) is 5.10 Å². The summed E-state index contributed by atoms with van der Waals surface area (Å²) in [5, 5.41) is 14.9. The van der Waals surface area contributed by atoms with E-state index in [1.165, 1.54) is 0 Å². The second-order valence-corrected chi connectivity index (χ2v) is 8.78. The largest absolute Gasteiger partial charge is 0.459 e. The van der Waals surface area contributed by atoms with E-state index in [-0.39, 0.29) is 11.9 Å². The van der Waals surface area contributed by atoms with Gasteiger partial charge in [-0.1, -0.05) is 53.7 Å². The molecule has 0 aliphatic heterocycles. The molecule has 6 aromatic rings. The molecule has 0 aliphatic carbocycles. The monoisotopic (exact) mass is 473 g/mol. The molecular formula is C29H23N5O2. The molecule has 7 nitrogen and oxygen atoms in total. The Bertz CT molecular complexity index is 1670. The van der Waals surface area contributed by atoms with Crippen LogP contribution >= 0.6 is 0 Å². The highest BCUT2D eigenvalue weighted by atomic mass is 16.3. The van der Waals surface area contributed by atoms with Crippen molar-refractivity contribution in [2.24, 2.45) is 0 Å². The summed E-state index contributed by atoms with van der Waals surface area (Å²) in [5.41, 5.74) is 4.00. The number of amides is 1. The van der Waals surface area contributed by atoms with Crippen LogP contribution in [-0.4, -0.2) is 25.9 Å². The number of nitrogens with zero attached hydrogens (tertiary/aromatic N) is 4. The van der Waals surface area contributed by atoms with Crippen molar-refractivity contribution in [3.05, 3.63) is 114 Å². The standard InChI is InChI=1S/C29H23N5O2/c1-19(28-15-22-6-3-5-9-27(22)36-28)31-29(35)25-8-4-2-7-24(25)17-34-18-26(32-33-34)21-10-11-23-16-30-13-12-20(23)14-21/h2-16,18-19H,17H2,1H3,(H,31,35)/t19-/m0/s1. The third-order valence-electron chi connectivity index (χ3n) is 6.29. The van der Waals surface area contributed by atoms with Crippen LogP contribution in [0, 0.1) is 0 Å². The Kier molecular flexibility index (Phi) is 5.50. The number of carbonyl (C=O) groups is 1. The quantitative estimate of drug-likeness (QED) is 0.331. The van der Waals surface area contributed by atoms with Crippen LogP contribution in [0.3, 0.4) is 0 Å². The Labute approximate surface area is 207 Å². The third kappa shape index (κ3) is 4.22. The van der Waals surface area contributed by atoms with Gasteiger partial charge in [-0.25, -0.2) is 4.68 Å². The number of hydrogen-bond acceptors (Lipinski definition) is 5. The van der Waals surface area contributed by atoms with Gasteiger partial charge in [0.1, 0.15) is 17.0 Å². The lowest BCUT2D eigenvalue weighted by atomic mass is 10.1. The van der Waals surface area contributed by atoms with Gasteiger partial charge in [-0.3, -0.25) is 9.78 Å². The van der Waals surface area contributed by atoms with Gasteiger partial charge in [0.05, 0.1) is 18.8 Å². The minimum atomic E-state index is -0.279. The first-order chi connectivity index (χ1) is 17.6. The van der Waals surface area contributed by atoms with Crippen molar-refractivity contribution in [2.75, 3.05) is 0 Å². The first kappa shape index (κ1) is 21.7. The fourth-order valence-corrected chi connectivity index (χ4v) is 4.37. The average molecular weight is 474 g/mol. The number of pyridine rings is 1. The predicted molar refractivity (Wildman–Crippen MR) is 138 cm³/mol. The number of nitrogens with one attached hydrogen (secondary N) is 1. The number of fused-ring (bicyclic) bond motifs is 2. The molecule has 0 saturated heterocycles. The molecule has 3 aromatic heterocycles. The number of rotatable bonds is 6. The van der Waals surface area contributed by atoms with E-state index < -0.39 is 0 Å². The van der Waals surface area contributed by atoms with Crippen LogP contribution in [-0.2, 0) is 6.54 Å². The summed E-state index contributed by atoms with van der Waals surface area (Å²) in [6.07, 6.45) is 5.51. The highest BCUT2D eigenvalue weighted by molar-refractivity contribution is 5.96. The second-order valence-electron chi connectivity index (χ2n) is 8.78. The summed E-state index contributed by atoms with van der Waals surface area (Å²) >= 11 is 0. The van der Waals surface area contributed by atoms with Crippen LogP contribution in [0.25, 0.3) is 33.0 Å². The van der Waals surface area contributed by atoms with E-state index in [1.54, 1.807) is 10.9 Å². The number of aromatic nitrogens is 4. The maximum absolute atomic E-state index is 13.2. The van der Waals surface area contributed by atoms with Gasteiger partial charge in [0.2, 0.25) is 0 Å². The number of benzene rings is 3. The number of hydrogen-bond donors (Lipinski definition) is 1. The molecule has 0 fully saturated rings. The van der Waals surface area contributed by atoms with E-state index in [9.17, 15) is 4.79 Å². The van der Waals surface area contributed by atoms with Gasteiger partial charge < -0.3 is 9.73 Å². The molecule has 3 heterocycles. The van der Waals surface area contributed by atoms with E-state index in [1.807, 2.05) is 92.1 Å². The Morgan fingerprint density at radius 2 is 1.83 bits per heavy atom. The van der Waals surface area contributed by atoms with Crippen molar-refractivity contribution < 1.29 is 9.21 Å². The SMILES string of the molecule is C[C@H](NC(=O)c1ccccc1Cn1cc(-c2ccc3cnccc3c2)nn1)c1cc2ccccc2o1. The summed E-state index contributed by atoms with van der Waals surface area (Å²) in [5.74, 6) is 0.552. The van der Waals surface area contributed by atoms with Crippen molar-refractivity contribution in [3.8, 4) is 11.3 Å². The highest BCUT2D eigenvalue weighted by Crippen LogP contribution is 2.25. The molecule has 0 unspecified atom stereocenters. The van der Waals surface area contributed by atoms with Crippen molar-refractivity contribution in [1.29, 1.82) is 0 Å². The lowest BCUT2D eigenvalue weighted by molar-refractivity contribution is 0.0934. The molecular weight excluding hydrogens is 450 g/mol. The molecule has 7 heteroatoms. The van der Waals surface area contributed by atoms with E-state index in [0.29, 0.717) is 17.9 Å². The zero-order valence-corrected chi connectivity index (χ0v) is 19.6. The molecule has 1 amide bonds. The minimum absolute atomic E-state index is 0.165.